The van der Waals surface area contributed by atoms with E-state index < -0.39 is 0 Å². The van der Waals surface area contributed by atoms with Crippen LogP contribution in [-0.2, 0) is 6.42 Å². The fourth-order valence-corrected chi connectivity index (χ4v) is 1.82. The molecule has 0 aliphatic carbocycles. The summed E-state index contributed by atoms with van der Waals surface area (Å²) in [6.07, 6.45) is 1.92. The maximum absolute atomic E-state index is 11.0. The molecule has 80 valence electrons. The monoisotopic (exact) mass is 210 g/mol. The van der Waals surface area contributed by atoms with Crippen LogP contribution in [0, 0.1) is 0 Å². The Bertz CT molecular complexity index is 500. The summed E-state index contributed by atoms with van der Waals surface area (Å²) >= 11 is 0. The first kappa shape index (κ1) is 10.6. The highest BCUT2D eigenvalue weighted by Gasteiger charge is 2.03. The second-order valence-corrected chi connectivity index (χ2v) is 3.76. The third-order valence-electron chi connectivity index (χ3n) is 2.73. The molecule has 0 amide bonds. The van der Waals surface area contributed by atoms with Crippen LogP contribution in [0.1, 0.15) is 22.8 Å². The van der Waals surface area contributed by atoms with E-state index in [0.29, 0.717) is 0 Å². The molecule has 0 fully saturated rings. The number of aldehydes is 1. The lowest BCUT2D eigenvalue weighted by atomic mass is 9.98. The molecule has 0 heterocycles. The fourth-order valence-electron chi connectivity index (χ4n) is 1.82. The molecule has 2 rings (SSSR count). The molecule has 0 bridgehead atoms. The van der Waals surface area contributed by atoms with E-state index in [2.05, 4.69) is 19.1 Å². The van der Waals surface area contributed by atoms with Gasteiger partial charge in [0, 0.05) is 5.56 Å². The average molecular weight is 210 g/mol. The lowest BCUT2D eigenvalue weighted by Crippen LogP contribution is -1.88. The lowest BCUT2D eigenvalue weighted by molar-refractivity contribution is 0.112. The van der Waals surface area contributed by atoms with Crippen molar-refractivity contribution in [1.82, 2.24) is 0 Å². The summed E-state index contributed by atoms with van der Waals surface area (Å²) in [5, 5.41) is 0. The minimum atomic E-state index is 0.746. The van der Waals surface area contributed by atoms with Crippen LogP contribution in [0.5, 0.6) is 0 Å². The van der Waals surface area contributed by atoms with Crippen LogP contribution in [0.2, 0.25) is 0 Å². The van der Waals surface area contributed by atoms with Gasteiger partial charge in [-0.1, -0.05) is 55.5 Å². The van der Waals surface area contributed by atoms with E-state index in [1.807, 2.05) is 36.4 Å². The van der Waals surface area contributed by atoms with Crippen molar-refractivity contribution in [2.24, 2.45) is 0 Å². The van der Waals surface area contributed by atoms with Crippen molar-refractivity contribution < 1.29 is 4.79 Å². The number of aryl methyl sites for hydroxylation is 1. The van der Waals surface area contributed by atoms with E-state index in [1.54, 1.807) is 0 Å². The molecule has 0 saturated heterocycles. The summed E-state index contributed by atoms with van der Waals surface area (Å²) in [6.45, 7) is 2.13. The van der Waals surface area contributed by atoms with E-state index in [9.17, 15) is 4.79 Å². The Morgan fingerprint density at radius 1 is 1.06 bits per heavy atom. The minimum absolute atomic E-state index is 0.746. The zero-order chi connectivity index (χ0) is 11.4. The third-order valence-corrected chi connectivity index (χ3v) is 2.73. The largest absolute Gasteiger partial charge is 0.298 e. The van der Waals surface area contributed by atoms with Crippen LogP contribution >= 0.6 is 0 Å². The van der Waals surface area contributed by atoms with Gasteiger partial charge < -0.3 is 0 Å². The summed E-state index contributed by atoms with van der Waals surface area (Å²) < 4.78 is 0. The van der Waals surface area contributed by atoms with Gasteiger partial charge in [0.25, 0.3) is 0 Å². The third kappa shape index (κ3) is 2.03. The van der Waals surface area contributed by atoms with Crippen LogP contribution in [0.3, 0.4) is 0 Å². The van der Waals surface area contributed by atoms with Crippen molar-refractivity contribution in [3.05, 3.63) is 59.7 Å². The number of hydrogen-bond donors (Lipinski definition) is 0. The summed E-state index contributed by atoms with van der Waals surface area (Å²) in [6, 6.07) is 16.0. The number of benzene rings is 2. The predicted octanol–water partition coefficient (Wildman–Crippen LogP) is 3.73. The van der Waals surface area contributed by atoms with E-state index in [0.717, 1.165) is 29.4 Å². The summed E-state index contributed by atoms with van der Waals surface area (Å²) in [5.74, 6) is 0. The zero-order valence-electron chi connectivity index (χ0n) is 9.31. The Labute approximate surface area is 95.7 Å². The highest BCUT2D eigenvalue weighted by Crippen LogP contribution is 2.23. The average Bonchev–Trinajstić information content (AvgIpc) is 2.38. The fraction of sp³-hybridized carbons (Fsp3) is 0.133. The molecule has 0 atom stereocenters. The molecule has 16 heavy (non-hydrogen) atoms. The number of carbonyl (C=O) groups excluding carboxylic acids is 1. The summed E-state index contributed by atoms with van der Waals surface area (Å²) in [4.78, 5) is 11.0. The highest BCUT2D eigenvalue weighted by molar-refractivity contribution is 5.87. The van der Waals surface area contributed by atoms with Gasteiger partial charge in [-0.15, -0.1) is 0 Å². The van der Waals surface area contributed by atoms with Crippen LogP contribution in [-0.4, -0.2) is 6.29 Å². The molecule has 1 heteroatoms. The van der Waals surface area contributed by atoms with Gasteiger partial charge in [0.2, 0.25) is 0 Å². The summed E-state index contributed by atoms with van der Waals surface area (Å²) in [7, 11) is 0. The number of rotatable bonds is 3. The SMILES string of the molecule is CCc1cccc(-c2ccccc2C=O)c1. The van der Waals surface area contributed by atoms with Gasteiger partial charge in [-0.05, 0) is 23.1 Å². The van der Waals surface area contributed by atoms with Crippen LogP contribution in [0.25, 0.3) is 11.1 Å². The molecule has 0 aliphatic rings. The lowest BCUT2D eigenvalue weighted by Gasteiger charge is -2.06. The normalized spacial score (nSPS) is 10.1. The van der Waals surface area contributed by atoms with Crippen molar-refractivity contribution in [1.29, 1.82) is 0 Å². The van der Waals surface area contributed by atoms with Gasteiger partial charge in [0.05, 0.1) is 0 Å². The maximum atomic E-state index is 11.0. The molecule has 0 radical (unpaired) electrons. The van der Waals surface area contributed by atoms with Gasteiger partial charge >= 0.3 is 0 Å². The first-order valence-corrected chi connectivity index (χ1v) is 5.48. The van der Waals surface area contributed by atoms with Gasteiger partial charge in [-0.2, -0.15) is 0 Å². The molecule has 2 aromatic carbocycles. The molecule has 0 N–H and O–H groups in total. The van der Waals surface area contributed by atoms with Crippen molar-refractivity contribution >= 4 is 6.29 Å². The number of carbonyl (C=O) groups is 1. The first-order valence-electron chi connectivity index (χ1n) is 5.48. The molecule has 0 aromatic heterocycles. The molecular weight excluding hydrogens is 196 g/mol. The topological polar surface area (TPSA) is 17.1 Å². The van der Waals surface area contributed by atoms with Gasteiger partial charge in [-0.25, -0.2) is 0 Å². The summed E-state index contributed by atoms with van der Waals surface area (Å²) in [5.41, 5.74) is 4.16. The molecule has 0 spiro atoms. The van der Waals surface area contributed by atoms with Crippen molar-refractivity contribution in [3.63, 3.8) is 0 Å². The zero-order valence-corrected chi connectivity index (χ0v) is 9.31. The van der Waals surface area contributed by atoms with E-state index in [1.165, 1.54) is 5.56 Å². The quantitative estimate of drug-likeness (QED) is 0.705. The molecular formula is C15H14O. The van der Waals surface area contributed by atoms with Crippen molar-refractivity contribution in [2.75, 3.05) is 0 Å². The van der Waals surface area contributed by atoms with E-state index >= 15 is 0 Å². The Morgan fingerprint density at radius 3 is 2.62 bits per heavy atom. The molecule has 2 aromatic rings. The van der Waals surface area contributed by atoms with Crippen LogP contribution < -0.4 is 0 Å². The molecule has 1 nitrogen and oxygen atoms in total. The smallest absolute Gasteiger partial charge is 0.150 e. The maximum Gasteiger partial charge on any atom is 0.150 e. The Balaban J connectivity index is 2.53. The Kier molecular flexibility index (Phi) is 3.16. The number of hydrogen-bond acceptors (Lipinski definition) is 1. The molecule has 0 aliphatic heterocycles. The van der Waals surface area contributed by atoms with Crippen LogP contribution in [0.15, 0.2) is 48.5 Å². The Morgan fingerprint density at radius 2 is 1.88 bits per heavy atom. The van der Waals surface area contributed by atoms with Gasteiger partial charge in [0.1, 0.15) is 0 Å². The minimum Gasteiger partial charge on any atom is -0.298 e. The van der Waals surface area contributed by atoms with Crippen molar-refractivity contribution in [3.8, 4) is 11.1 Å². The van der Waals surface area contributed by atoms with Crippen LogP contribution in [0.4, 0.5) is 0 Å². The second kappa shape index (κ2) is 4.75. The first-order chi connectivity index (χ1) is 7.85. The van der Waals surface area contributed by atoms with Crippen molar-refractivity contribution in [2.45, 2.75) is 13.3 Å². The molecule has 0 unspecified atom stereocenters. The van der Waals surface area contributed by atoms with E-state index in [-0.39, 0.29) is 0 Å². The standard InChI is InChI=1S/C15H14O/c1-2-12-6-5-8-13(10-12)15-9-4-3-7-14(15)11-16/h3-11H,2H2,1H3. The second-order valence-electron chi connectivity index (χ2n) is 3.76. The predicted molar refractivity (Wildman–Crippen MR) is 66.6 cm³/mol. The van der Waals surface area contributed by atoms with Gasteiger partial charge in [0.15, 0.2) is 6.29 Å². The Hall–Kier alpha value is -1.89. The van der Waals surface area contributed by atoms with Gasteiger partial charge in [-0.3, -0.25) is 4.79 Å². The highest BCUT2D eigenvalue weighted by atomic mass is 16.1. The molecule has 0 saturated carbocycles. The van der Waals surface area contributed by atoms with E-state index in [4.69, 9.17) is 0 Å².